The normalized spacial score (nSPS) is 13.8. The highest BCUT2D eigenvalue weighted by Gasteiger charge is 2.55. The minimum atomic E-state index is -5.16. The predicted octanol–water partition coefficient (Wildman–Crippen LogP) is 3.82. The Bertz CT molecular complexity index is 802. The summed E-state index contributed by atoms with van der Waals surface area (Å²) in [5.41, 5.74) is -3.51. The number of para-hydroxylation sites is 1. The number of carbonyl (C=O) groups excluding carboxylic acids is 2. The second-order valence-electron chi connectivity index (χ2n) is 5.41. The van der Waals surface area contributed by atoms with Crippen molar-refractivity contribution < 1.29 is 27.9 Å². The summed E-state index contributed by atoms with van der Waals surface area (Å²) in [7, 11) is 0. The van der Waals surface area contributed by atoms with Gasteiger partial charge in [-0.15, -0.1) is 0 Å². The molecule has 0 aliphatic heterocycles. The lowest BCUT2D eigenvalue weighted by Crippen LogP contribution is -2.52. The molecule has 0 bridgehead atoms. The molecule has 0 fully saturated rings. The quantitative estimate of drug-likeness (QED) is 0.803. The minimum absolute atomic E-state index is 0.0175. The lowest BCUT2D eigenvalue weighted by atomic mass is 10.0. The van der Waals surface area contributed by atoms with Crippen molar-refractivity contribution in [3.05, 3.63) is 64.7 Å². The largest absolute Gasteiger partial charge is 0.426 e. The third-order valence-electron chi connectivity index (χ3n) is 3.52. The van der Waals surface area contributed by atoms with Gasteiger partial charge in [0, 0.05) is 16.1 Å². The third kappa shape index (κ3) is 4.00. The van der Waals surface area contributed by atoms with Crippen LogP contribution in [0.2, 0.25) is 5.02 Å². The van der Waals surface area contributed by atoms with Gasteiger partial charge >= 0.3 is 6.18 Å². The topological polar surface area (TPSA) is 66.4 Å². The van der Waals surface area contributed by atoms with Crippen LogP contribution in [-0.4, -0.2) is 28.6 Å². The van der Waals surface area contributed by atoms with E-state index in [2.05, 4.69) is 0 Å². The van der Waals surface area contributed by atoms with Crippen molar-refractivity contribution in [2.45, 2.75) is 18.7 Å². The lowest BCUT2D eigenvalue weighted by Gasteiger charge is -2.25. The first-order valence-electron chi connectivity index (χ1n) is 7.04. The maximum atomic E-state index is 12.8. The molecular formula is C17H13ClF3NO3. The molecule has 132 valence electrons. The van der Waals surface area contributed by atoms with Crippen LogP contribution in [0.15, 0.2) is 48.5 Å². The van der Waals surface area contributed by atoms with Crippen molar-refractivity contribution in [2.24, 2.45) is 0 Å². The SMILES string of the molecule is CC(O)(C(=O)Nc1ccccc1C(=O)c1ccc(Cl)cc1)C(F)(F)F. The number of nitrogens with one attached hydrogen (secondary N) is 1. The number of hydrogen-bond donors (Lipinski definition) is 2. The van der Waals surface area contributed by atoms with Crippen molar-refractivity contribution in [1.82, 2.24) is 0 Å². The molecule has 2 rings (SSSR count). The van der Waals surface area contributed by atoms with Crippen LogP contribution in [-0.2, 0) is 4.79 Å². The van der Waals surface area contributed by atoms with E-state index in [0.717, 1.165) is 0 Å². The molecule has 25 heavy (non-hydrogen) atoms. The van der Waals surface area contributed by atoms with E-state index < -0.39 is 23.5 Å². The first-order chi connectivity index (χ1) is 11.5. The van der Waals surface area contributed by atoms with Gasteiger partial charge in [-0.3, -0.25) is 9.59 Å². The molecule has 1 unspecified atom stereocenters. The molecule has 1 amide bonds. The third-order valence-corrected chi connectivity index (χ3v) is 3.77. The average Bonchev–Trinajstić information content (AvgIpc) is 2.54. The number of rotatable bonds is 4. The molecule has 2 aromatic carbocycles. The number of amides is 1. The van der Waals surface area contributed by atoms with Gasteiger partial charge < -0.3 is 10.4 Å². The van der Waals surface area contributed by atoms with Gasteiger partial charge in [0.05, 0.1) is 5.69 Å². The lowest BCUT2D eigenvalue weighted by molar-refractivity contribution is -0.242. The highest BCUT2D eigenvalue weighted by Crippen LogP contribution is 2.31. The number of benzene rings is 2. The Morgan fingerprint density at radius 3 is 2.16 bits per heavy atom. The van der Waals surface area contributed by atoms with Gasteiger partial charge in [0.25, 0.3) is 5.91 Å². The molecule has 0 radical (unpaired) electrons. The van der Waals surface area contributed by atoms with Crippen molar-refractivity contribution in [2.75, 3.05) is 5.32 Å². The van der Waals surface area contributed by atoms with E-state index in [9.17, 15) is 27.9 Å². The van der Waals surface area contributed by atoms with E-state index >= 15 is 0 Å². The zero-order valence-corrected chi connectivity index (χ0v) is 13.7. The smallest absolute Gasteiger partial charge is 0.373 e. The summed E-state index contributed by atoms with van der Waals surface area (Å²) in [5, 5.41) is 11.8. The summed E-state index contributed by atoms with van der Waals surface area (Å²) in [6.45, 7) is 0.339. The Morgan fingerprint density at radius 2 is 1.60 bits per heavy atom. The van der Waals surface area contributed by atoms with Crippen LogP contribution in [0.3, 0.4) is 0 Å². The van der Waals surface area contributed by atoms with Gasteiger partial charge in [-0.05, 0) is 43.3 Å². The van der Waals surface area contributed by atoms with E-state index in [0.29, 0.717) is 11.9 Å². The van der Waals surface area contributed by atoms with E-state index in [1.807, 2.05) is 5.32 Å². The molecule has 8 heteroatoms. The average molecular weight is 372 g/mol. The number of halogens is 4. The molecule has 2 aromatic rings. The number of alkyl halides is 3. The summed E-state index contributed by atoms with van der Waals surface area (Å²) in [6.07, 6.45) is -5.16. The second-order valence-corrected chi connectivity index (χ2v) is 5.84. The number of aliphatic hydroxyl groups is 1. The van der Waals surface area contributed by atoms with Gasteiger partial charge in [-0.1, -0.05) is 23.7 Å². The van der Waals surface area contributed by atoms with Crippen LogP contribution in [0.5, 0.6) is 0 Å². The van der Waals surface area contributed by atoms with Crippen molar-refractivity contribution in [1.29, 1.82) is 0 Å². The Balaban J connectivity index is 2.34. The van der Waals surface area contributed by atoms with Crippen LogP contribution in [0.25, 0.3) is 0 Å². The standard InChI is InChI=1S/C17H13ClF3NO3/c1-16(25,17(19,20)21)15(24)22-13-5-3-2-4-12(13)14(23)10-6-8-11(18)9-7-10/h2-9,25H,1H3,(H,22,24). The molecule has 2 N–H and O–H groups in total. The Labute approximate surface area is 146 Å². The van der Waals surface area contributed by atoms with Crippen molar-refractivity contribution in [3.63, 3.8) is 0 Å². The number of ketones is 1. The highest BCUT2D eigenvalue weighted by molar-refractivity contribution is 6.30. The summed E-state index contributed by atoms with van der Waals surface area (Å²) in [4.78, 5) is 24.4. The molecule has 4 nitrogen and oxygen atoms in total. The van der Waals surface area contributed by atoms with Gasteiger partial charge in [0.2, 0.25) is 5.60 Å². The van der Waals surface area contributed by atoms with Gasteiger partial charge in [-0.25, -0.2) is 0 Å². The van der Waals surface area contributed by atoms with E-state index in [4.69, 9.17) is 11.6 Å². The van der Waals surface area contributed by atoms with Crippen LogP contribution in [0, 0.1) is 0 Å². The maximum absolute atomic E-state index is 12.8. The van der Waals surface area contributed by atoms with Gasteiger partial charge in [-0.2, -0.15) is 13.2 Å². The zero-order valence-electron chi connectivity index (χ0n) is 12.9. The summed E-state index contributed by atoms with van der Waals surface area (Å²) in [5.74, 6) is -2.20. The van der Waals surface area contributed by atoms with Crippen LogP contribution < -0.4 is 5.32 Å². The van der Waals surface area contributed by atoms with Crippen molar-refractivity contribution >= 4 is 29.0 Å². The van der Waals surface area contributed by atoms with E-state index in [-0.39, 0.29) is 16.8 Å². The molecular weight excluding hydrogens is 359 g/mol. The maximum Gasteiger partial charge on any atom is 0.426 e. The van der Waals surface area contributed by atoms with Crippen LogP contribution in [0.1, 0.15) is 22.8 Å². The molecule has 1 atom stereocenters. The molecule has 0 heterocycles. The molecule has 0 saturated carbocycles. The Kier molecular flexibility index (Phi) is 5.20. The fourth-order valence-electron chi connectivity index (χ4n) is 1.92. The monoisotopic (exact) mass is 371 g/mol. The Morgan fingerprint density at radius 1 is 1.04 bits per heavy atom. The highest BCUT2D eigenvalue weighted by atomic mass is 35.5. The van der Waals surface area contributed by atoms with E-state index in [1.54, 1.807) is 0 Å². The number of anilines is 1. The van der Waals surface area contributed by atoms with Crippen molar-refractivity contribution in [3.8, 4) is 0 Å². The predicted molar refractivity (Wildman–Crippen MR) is 86.6 cm³/mol. The molecule has 0 aliphatic carbocycles. The Hall–Kier alpha value is -2.38. The number of carbonyl (C=O) groups is 2. The molecule has 0 aliphatic rings. The first-order valence-corrected chi connectivity index (χ1v) is 7.41. The summed E-state index contributed by atoms with van der Waals surface area (Å²) < 4.78 is 38.3. The fraction of sp³-hybridized carbons (Fsp3) is 0.176. The van der Waals surface area contributed by atoms with Gasteiger partial charge in [0.1, 0.15) is 0 Å². The second kappa shape index (κ2) is 6.85. The molecule has 0 spiro atoms. The first kappa shape index (κ1) is 19.0. The summed E-state index contributed by atoms with van der Waals surface area (Å²) >= 11 is 5.75. The summed E-state index contributed by atoms with van der Waals surface area (Å²) in [6, 6.07) is 11.5. The zero-order chi connectivity index (χ0) is 18.8. The van der Waals surface area contributed by atoms with Crippen LogP contribution >= 0.6 is 11.6 Å². The van der Waals surface area contributed by atoms with Gasteiger partial charge in [0.15, 0.2) is 5.78 Å². The molecule has 0 aromatic heterocycles. The van der Waals surface area contributed by atoms with E-state index in [1.165, 1.54) is 48.5 Å². The minimum Gasteiger partial charge on any atom is -0.373 e. The van der Waals surface area contributed by atoms with Crippen LogP contribution in [0.4, 0.5) is 18.9 Å². The fourth-order valence-corrected chi connectivity index (χ4v) is 2.05. The number of hydrogen-bond acceptors (Lipinski definition) is 3. The molecule has 0 saturated heterocycles.